The zero-order valence-electron chi connectivity index (χ0n) is 10.9. The molecule has 3 heterocycles. The normalized spacial score (nSPS) is 30.2. The van der Waals surface area contributed by atoms with Gasteiger partial charge in [0.15, 0.2) is 5.82 Å². The van der Waals surface area contributed by atoms with Gasteiger partial charge in [0.1, 0.15) is 29.7 Å². The largest absolute Gasteiger partial charge is 0.392 e. The SMILES string of the molecule is C[C@@]1(O)[C@H](O)CO[C@H]1c1cc(CO)c2c(N)ncnn12. The summed E-state index contributed by atoms with van der Waals surface area (Å²) in [5, 5.41) is 33.7. The molecule has 8 nitrogen and oxygen atoms in total. The molecular weight excluding hydrogens is 264 g/mol. The van der Waals surface area contributed by atoms with Gasteiger partial charge in [-0.05, 0) is 13.0 Å². The smallest absolute Gasteiger partial charge is 0.151 e. The number of hydrogen-bond acceptors (Lipinski definition) is 7. The topological polar surface area (TPSA) is 126 Å². The number of anilines is 1. The minimum Gasteiger partial charge on any atom is -0.392 e. The second kappa shape index (κ2) is 4.38. The van der Waals surface area contributed by atoms with E-state index < -0.39 is 17.8 Å². The van der Waals surface area contributed by atoms with E-state index in [1.54, 1.807) is 6.07 Å². The van der Waals surface area contributed by atoms with Crippen molar-refractivity contribution in [1.82, 2.24) is 14.6 Å². The molecule has 1 saturated heterocycles. The predicted molar refractivity (Wildman–Crippen MR) is 68.6 cm³/mol. The predicted octanol–water partition coefficient (Wildman–Crippen LogP) is -1.01. The van der Waals surface area contributed by atoms with Crippen molar-refractivity contribution < 1.29 is 20.1 Å². The fraction of sp³-hybridized carbons (Fsp3) is 0.500. The second-order valence-electron chi connectivity index (χ2n) is 5.11. The van der Waals surface area contributed by atoms with Crippen LogP contribution in [-0.4, -0.2) is 48.2 Å². The van der Waals surface area contributed by atoms with E-state index in [1.807, 2.05) is 0 Å². The Labute approximate surface area is 114 Å². The van der Waals surface area contributed by atoms with E-state index >= 15 is 0 Å². The van der Waals surface area contributed by atoms with Crippen LogP contribution in [0.1, 0.15) is 24.3 Å². The number of nitrogen functional groups attached to an aromatic ring is 1. The van der Waals surface area contributed by atoms with E-state index in [9.17, 15) is 15.3 Å². The highest BCUT2D eigenvalue weighted by Crippen LogP contribution is 2.39. The van der Waals surface area contributed by atoms with Crippen LogP contribution in [0, 0.1) is 0 Å². The van der Waals surface area contributed by atoms with Crippen LogP contribution in [-0.2, 0) is 11.3 Å². The Bertz CT molecular complexity index is 654. The minimum absolute atomic E-state index is 0.0277. The summed E-state index contributed by atoms with van der Waals surface area (Å²) in [4.78, 5) is 3.89. The molecule has 0 radical (unpaired) electrons. The highest BCUT2D eigenvalue weighted by Gasteiger charge is 2.48. The van der Waals surface area contributed by atoms with Crippen LogP contribution in [0.3, 0.4) is 0 Å². The highest BCUT2D eigenvalue weighted by molar-refractivity contribution is 5.71. The fourth-order valence-electron chi connectivity index (χ4n) is 2.56. The zero-order chi connectivity index (χ0) is 14.5. The Hall–Kier alpha value is -1.74. The maximum absolute atomic E-state index is 10.4. The van der Waals surface area contributed by atoms with Gasteiger partial charge in [0.25, 0.3) is 0 Å². The molecule has 1 aliphatic rings. The first-order chi connectivity index (χ1) is 9.46. The average Bonchev–Trinajstić information content (AvgIpc) is 2.90. The Morgan fingerprint density at radius 3 is 2.95 bits per heavy atom. The summed E-state index contributed by atoms with van der Waals surface area (Å²) in [5.74, 6) is 0.230. The molecule has 1 fully saturated rings. The van der Waals surface area contributed by atoms with Crippen LogP contribution >= 0.6 is 0 Å². The molecule has 3 rings (SSSR count). The molecular formula is C12H16N4O4. The highest BCUT2D eigenvalue weighted by atomic mass is 16.5. The molecule has 0 unspecified atom stereocenters. The number of hydrogen-bond donors (Lipinski definition) is 4. The van der Waals surface area contributed by atoms with Gasteiger partial charge in [-0.25, -0.2) is 9.50 Å². The molecule has 2 aromatic heterocycles. The lowest BCUT2D eigenvalue weighted by Crippen LogP contribution is -2.40. The standard InChI is InChI=1S/C12H16N4O4/c1-12(19)8(18)4-20-10(12)7-2-6(3-17)9-11(13)14-5-15-16(7)9/h2,5,8,10,17-19H,3-4H2,1H3,(H2,13,14,15)/t8-,10+,12-/m1/s1. The summed E-state index contributed by atoms with van der Waals surface area (Å²) in [5.41, 5.74) is 5.89. The number of nitrogens with zero attached hydrogens (tertiary/aromatic N) is 3. The van der Waals surface area contributed by atoms with Crippen LogP contribution in [0.15, 0.2) is 12.4 Å². The molecule has 0 bridgehead atoms. The minimum atomic E-state index is -1.44. The van der Waals surface area contributed by atoms with Crippen molar-refractivity contribution in [3.05, 3.63) is 23.7 Å². The maximum Gasteiger partial charge on any atom is 0.151 e. The van der Waals surface area contributed by atoms with Crippen molar-refractivity contribution in [2.45, 2.75) is 31.3 Å². The third-order valence-corrected chi connectivity index (χ3v) is 3.75. The van der Waals surface area contributed by atoms with Gasteiger partial charge in [0, 0.05) is 5.56 Å². The lowest BCUT2D eigenvalue weighted by atomic mass is 9.93. The van der Waals surface area contributed by atoms with Gasteiger partial charge in [-0.15, -0.1) is 0 Å². The number of aromatic nitrogens is 3. The van der Waals surface area contributed by atoms with Gasteiger partial charge in [0.05, 0.1) is 18.9 Å². The number of ether oxygens (including phenoxy) is 1. The lowest BCUT2D eigenvalue weighted by molar-refractivity contribution is -0.0664. The monoisotopic (exact) mass is 280 g/mol. The number of nitrogens with two attached hydrogens (primary N) is 1. The van der Waals surface area contributed by atoms with Crippen molar-refractivity contribution in [2.24, 2.45) is 0 Å². The second-order valence-corrected chi connectivity index (χ2v) is 5.11. The molecule has 0 spiro atoms. The van der Waals surface area contributed by atoms with E-state index in [1.165, 1.54) is 17.8 Å². The molecule has 5 N–H and O–H groups in total. The quantitative estimate of drug-likeness (QED) is 0.555. The van der Waals surface area contributed by atoms with Crippen molar-refractivity contribution in [2.75, 3.05) is 12.3 Å². The van der Waals surface area contributed by atoms with E-state index in [2.05, 4.69) is 10.1 Å². The maximum atomic E-state index is 10.4. The molecule has 20 heavy (non-hydrogen) atoms. The molecule has 1 aliphatic heterocycles. The number of aliphatic hydroxyl groups excluding tert-OH is 2. The van der Waals surface area contributed by atoms with Gasteiger partial charge in [0.2, 0.25) is 0 Å². The van der Waals surface area contributed by atoms with Gasteiger partial charge >= 0.3 is 0 Å². The summed E-state index contributed by atoms with van der Waals surface area (Å²) in [6.45, 7) is 1.29. The van der Waals surface area contributed by atoms with Crippen LogP contribution in [0.5, 0.6) is 0 Å². The van der Waals surface area contributed by atoms with Crippen LogP contribution < -0.4 is 5.73 Å². The summed E-state index contributed by atoms with van der Waals surface area (Å²) >= 11 is 0. The first kappa shape index (κ1) is 13.3. The summed E-state index contributed by atoms with van der Waals surface area (Å²) in [6, 6.07) is 1.65. The molecule has 2 aromatic rings. The van der Waals surface area contributed by atoms with Crippen molar-refractivity contribution in [3.8, 4) is 0 Å². The van der Waals surface area contributed by atoms with E-state index in [0.717, 1.165) is 0 Å². The molecule has 0 saturated carbocycles. The van der Waals surface area contributed by atoms with Gasteiger partial charge in [-0.1, -0.05) is 0 Å². The Kier molecular flexibility index (Phi) is 2.91. The average molecular weight is 280 g/mol. The molecule has 108 valence electrons. The summed E-state index contributed by atoms with van der Waals surface area (Å²) < 4.78 is 6.95. The Morgan fingerprint density at radius 1 is 1.60 bits per heavy atom. The third kappa shape index (κ3) is 1.70. The number of aliphatic hydroxyl groups is 3. The van der Waals surface area contributed by atoms with Crippen LogP contribution in [0.2, 0.25) is 0 Å². The van der Waals surface area contributed by atoms with Gasteiger partial charge in [-0.2, -0.15) is 5.10 Å². The first-order valence-corrected chi connectivity index (χ1v) is 6.20. The summed E-state index contributed by atoms with van der Waals surface area (Å²) in [6.07, 6.45) is -0.470. The van der Waals surface area contributed by atoms with Crippen molar-refractivity contribution >= 4 is 11.3 Å². The van der Waals surface area contributed by atoms with E-state index in [0.29, 0.717) is 16.8 Å². The van der Waals surface area contributed by atoms with Crippen LogP contribution in [0.25, 0.3) is 5.52 Å². The summed E-state index contributed by atoms with van der Waals surface area (Å²) in [7, 11) is 0. The zero-order valence-corrected chi connectivity index (χ0v) is 10.9. The van der Waals surface area contributed by atoms with E-state index in [4.69, 9.17) is 10.5 Å². The van der Waals surface area contributed by atoms with Crippen LogP contribution in [0.4, 0.5) is 5.82 Å². The fourth-order valence-corrected chi connectivity index (χ4v) is 2.56. The number of fused-ring (bicyclic) bond motifs is 1. The first-order valence-electron chi connectivity index (χ1n) is 6.20. The van der Waals surface area contributed by atoms with Crippen molar-refractivity contribution in [1.29, 1.82) is 0 Å². The van der Waals surface area contributed by atoms with Gasteiger partial charge in [-0.3, -0.25) is 0 Å². The van der Waals surface area contributed by atoms with Crippen molar-refractivity contribution in [3.63, 3.8) is 0 Å². The van der Waals surface area contributed by atoms with E-state index in [-0.39, 0.29) is 19.0 Å². The van der Waals surface area contributed by atoms with Gasteiger partial charge < -0.3 is 25.8 Å². The Morgan fingerprint density at radius 2 is 2.35 bits per heavy atom. The molecule has 0 aromatic carbocycles. The molecule has 0 aliphatic carbocycles. The third-order valence-electron chi connectivity index (χ3n) is 3.75. The molecule has 3 atom stereocenters. The number of rotatable bonds is 2. The molecule has 8 heteroatoms. The molecule has 0 amide bonds. The lowest BCUT2D eigenvalue weighted by Gasteiger charge is -2.26. The Balaban J connectivity index is 2.21.